The largest absolute Gasteiger partial charge is 0.480 e. The second-order valence-corrected chi connectivity index (χ2v) is 2.16. The van der Waals surface area contributed by atoms with Crippen molar-refractivity contribution in [3.8, 4) is 0 Å². The number of hydrogen-bond acceptors (Lipinski definition) is 5. The van der Waals surface area contributed by atoms with Crippen molar-refractivity contribution in [3.05, 3.63) is 0 Å². The Hall–Kier alpha value is -1.14. The SMILES string of the molecule is NCC(=O)OCC[C@H](N)C(=O)O. The Morgan fingerprint density at radius 3 is 2.50 bits per heavy atom. The molecule has 6 nitrogen and oxygen atoms in total. The molecule has 0 saturated heterocycles. The molecule has 0 aliphatic carbocycles. The number of hydrogen-bond donors (Lipinski definition) is 3. The Bertz CT molecular complexity index is 171. The van der Waals surface area contributed by atoms with Gasteiger partial charge in [-0.2, -0.15) is 0 Å². The van der Waals surface area contributed by atoms with E-state index in [1.807, 2.05) is 0 Å². The Morgan fingerprint density at radius 2 is 2.08 bits per heavy atom. The Kier molecular flexibility index (Phi) is 4.98. The monoisotopic (exact) mass is 176 g/mol. The van der Waals surface area contributed by atoms with E-state index < -0.39 is 18.0 Å². The quantitative estimate of drug-likeness (QED) is 0.429. The maximum Gasteiger partial charge on any atom is 0.320 e. The topological polar surface area (TPSA) is 116 Å². The summed E-state index contributed by atoms with van der Waals surface area (Å²) in [5.74, 6) is -1.67. The standard InChI is InChI=1S/C6H12N2O4/c7-3-5(9)12-2-1-4(8)6(10)11/h4H,1-3,7-8H2,(H,10,11)/t4-/m0/s1. The van der Waals surface area contributed by atoms with E-state index in [-0.39, 0.29) is 19.6 Å². The van der Waals surface area contributed by atoms with Crippen LogP contribution in [0.4, 0.5) is 0 Å². The zero-order chi connectivity index (χ0) is 9.56. The first-order valence-corrected chi connectivity index (χ1v) is 3.42. The number of nitrogens with two attached hydrogens (primary N) is 2. The lowest BCUT2D eigenvalue weighted by Gasteiger charge is -2.05. The molecule has 0 aromatic heterocycles. The molecule has 0 rings (SSSR count). The lowest BCUT2D eigenvalue weighted by molar-refractivity contribution is -0.144. The van der Waals surface area contributed by atoms with Crippen molar-refractivity contribution in [2.75, 3.05) is 13.2 Å². The highest BCUT2D eigenvalue weighted by Gasteiger charge is 2.11. The van der Waals surface area contributed by atoms with Gasteiger partial charge in [0.05, 0.1) is 13.2 Å². The number of esters is 1. The van der Waals surface area contributed by atoms with Gasteiger partial charge in [-0.05, 0) is 0 Å². The third-order valence-corrected chi connectivity index (χ3v) is 1.18. The molecule has 6 heteroatoms. The van der Waals surface area contributed by atoms with Gasteiger partial charge in [0.25, 0.3) is 0 Å². The van der Waals surface area contributed by atoms with Gasteiger partial charge >= 0.3 is 11.9 Å². The second-order valence-electron chi connectivity index (χ2n) is 2.16. The number of rotatable bonds is 5. The van der Waals surface area contributed by atoms with Crippen LogP contribution in [-0.2, 0) is 14.3 Å². The van der Waals surface area contributed by atoms with Crippen LogP contribution in [0.3, 0.4) is 0 Å². The number of carboxylic acids is 1. The normalized spacial score (nSPS) is 12.2. The number of carbonyl (C=O) groups excluding carboxylic acids is 1. The van der Waals surface area contributed by atoms with Crippen molar-refractivity contribution in [2.24, 2.45) is 11.5 Å². The fourth-order valence-corrected chi connectivity index (χ4v) is 0.482. The molecule has 0 aliphatic rings. The Balaban J connectivity index is 3.43. The third kappa shape index (κ3) is 4.64. The molecule has 0 aliphatic heterocycles. The van der Waals surface area contributed by atoms with E-state index in [9.17, 15) is 9.59 Å². The number of carbonyl (C=O) groups is 2. The average molecular weight is 176 g/mol. The summed E-state index contributed by atoms with van der Waals surface area (Å²) in [7, 11) is 0. The number of ether oxygens (including phenoxy) is 1. The van der Waals surface area contributed by atoms with Crippen molar-refractivity contribution < 1.29 is 19.4 Å². The van der Waals surface area contributed by atoms with Gasteiger partial charge in [0.1, 0.15) is 6.04 Å². The maximum atomic E-state index is 10.4. The summed E-state index contributed by atoms with van der Waals surface area (Å²) in [6.45, 7) is -0.216. The first-order chi connectivity index (χ1) is 5.57. The van der Waals surface area contributed by atoms with Crippen LogP contribution in [0.25, 0.3) is 0 Å². The second kappa shape index (κ2) is 5.50. The summed E-state index contributed by atoms with van der Waals surface area (Å²) in [4.78, 5) is 20.6. The van der Waals surface area contributed by atoms with E-state index in [0.29, 0.717) is 0 Å². The van der Waals surface area contributed by atoms with Gasteiger partial charge in [-0.1, -0.05) is 0 Å². The molecule has 0 heterocycles. The summed E-state index contributed by atoms with van der Waals surface area (Å²) >= 11 is 0. The molecule has 0 unspecified atom stereocenters. The summed E-state index contributed by atoms with van der Waals surface area (Å²) in [5.41, 5.74) is 10.0. The van der Waals surface area contributed by atoms with Crippen LogP contribution in [0.15, 0.2) is 0 Å². The van der Waals surface area contributed by atoms with E-state index >= 15 is 0 Å². The summed E-state index contributed by atoms with van der Waals surface area (Å²) in [5, 5.41) is 8.31. The predicted molar refractivity (Wildman–Crippen MR) is 40.2 cm³/mol. The van der Waals surface area contributed by atoms with Crippen molar-refractivity contribution in [3.63, 3.8) is 0 Å². The minimum atomic E-state index is -1.11. The van der Waals surface area contributed by atoms with E-state index in [2.05, 4.69) is 4.74 Å². The molecule has 0 aromatic rings. The summed E-state index contributed by atoms with van der Waals surface area (Å²) in [6.07, 6.45) is 0.0983. The van der Waals surface area contributed by atoms with Crippen molar-refractivity contribution in [1.29, 1.82) is 0 Å². The van der Waals surface area contributed by atoms with Gasteiger partial charge in [0, 0.05) is 6.42 Å². The van der Waals surface area contributed by atoms with Gasteiger partial charge in [-0.25, -0.2) is 0 Å². The molecule has 0 bridgehead atoms. The van der Waals surface area contributed by atoms with Crippen LogP contribution in [-0.4, -0.2) is 36.2 Å². The van der Waals surface area contributed by atoms with Crippen LogP contribution in [0, 0.1) is 0 Å². The molecular weight excluding hydrogens is 164 g/mol. The van der Waals surface area contributed by atoms with E-state index in [4.69, 9.17) is 16.6 Å². The van der Waals surface area contributed by atoms with E-state index in [1.54, 1.807) is 0 Å². The fourth-order valence-electron chi connectivity index (χ4n) is 0.482. The number of aliphatic carboxylic acids is 1. The lowest BCUT2D eigenvalue weighted by Crippen LogP contribution is -2.32. The van der Waals surface area contributed by atoms with Gasteiger partial charge in [-0.15, -0.1) is 0 Å². The Labute approximate surface area is 69.5 Å². The molecule has 0 amide bonds. The summed E-state index contributed by atoms with van der Waals surface area (Å²) < 4.78 is 4.50. The lowest BCUT2D eigenvalue weighted by atomic mass is 10.2. The fraction of sp³-hybridized carbons (Fsp3) is 0.667. The van der Waals surface area contributed by atoms with Gasteiger partial charge < -0.3 is 21.3 Å². The van der Waals surface area contributed by atoms with E-state index in [1.165, 1.54) is 0 Å². The van der Waals surface area contributed by atoms with Crippen LogP contribution >= 0.6 is 0 Å². The molecule has 70 valence electrons. The minimum Gasteiger partial charge on any atom is -0.480 e. The van der Waals surface area contributed by atoms with Gasteiger partial charge in [0.15, 0.2) is 0 Å². The predicted octanol–water partition coefficient (Wildman–Crippen LogP) is -1.71. The highest BCUT2D eigenvalue weighted by molar-refractivity contribution is 5.73. The molecule has 0 aromatic carbocycles. The van der Waals surface area contributed by atoms with Crippen LogP contribution < -0.4 is 11.5 Å². The van der Waals surface area contributed by atoms with Crippen LogP contribution in [0.2, 0.25) is 0 Å². The molecular formula is C6H12N2O4. The maximum absolute atomic E-state index is 10.4. The van der Waals surface area contributed by atoms with E-state index in [0.717, 1.165) is 0 Å². The van der Waals surface area contributed by atoms with Gasteiger partial charge in [0.2, 0.25) is 0 Å². The number of carboxylic acid groups (broad SMARTS) is 1. The first-order valence-electron chi connectivity index (χ1n) is 3.42. The molecule has 0 radical (unpaired) electrons. The zero-order valence-electron chi connectivity index (χ0n) is 6.53. The third-order valence-electron chi connectivity index (χ3n) is 1.18. The van der Waals surface area contributed by atoms with Crippen molar-refractivity contribution >= 4 is 11.9 Å². The highest BCUT2D eigenvalue weighted by Crippen LogP contribution is 1.89. The zero-order valence-corrected chi connectivity index (χ0v) is 6.53. The smallest absolute Gasteiger partial charge is 0.320 e. The van der Waals surface area contributed by atoms with Gasteiger partial charge in [-0.3, -0.25) is 9.59 Å². The minimum absolute atomic E-state index is 0.0104. The van der Waals surface area contributed by atoms with Crippen LogP contribution in [0.1, 0.15) is 6.42 Å². The molecule has 5 N–H and O–H groups in total. The molecule has 0 fully saturated rings. The first kappa shape index (κ1) is 10.9. The molecule has 0 saturated carbocycles. The summed E-state index contributed by atoms with van der Waals surface area (Å²) in [6, 6.07) is -0.990. The van der Waals surface area contributed by atoms with Crippen LogP contribution in [0.5, 0.6) is 0 Å². The Morgan fingerprint density at radius 1 is 1.50 bits per heavy atom. The molecule has 1 atom stereocenters. The average Bonchev–Trinajstić information content (AvgIpc) is 2.03. The molecule has 0 spiro atoms. The van der Waals surface area contributed by atoms with Crippen molar-refractivity contribution in [1.82, 2.24) is 0 Å². The molecule has 12 heavy (non-hydrogen) atoms. The highest BCUT2D eigenvalue weighted by atomic mass is 16.5. The van der Waals surface area contributed by atoms with Crippen molar-refractivity contribution in [2.45, 2.75) is 12.5 Å².